The molecule has 1 aliphatic rings. The van der Waals surface area contributed by atoms with Crippen LogP contribution in [0.25, 0.3) is 0 Å². The molecule has 0 N–H and O–H groups in total. The normalized spacial score (nSPS) is 20.6. The van der Waals surface area contributed by atoms with Gasteiger partial charge in [0.25, 0.3) is 0 Å². The van der Waals surface area contributed by atoms with Crippen LogP contribution in [0.2, 0.25) is 0 Å². The van der Waals surface area contributed by atoms with Crippen LogP contribution in [0, 0.1) is 0 Å². The second-order valence-electron chi connectivity index (χ2n) is 6.28. The smallest absolute Gasteiger partial charge is 0.139 e. The summed E-state index contributed by atoms with van der Waals surface area (Å²) >= 11 is 7.53. The van der Waals surface area contributed by atoms with E-state index >= 15 is 0 Å². The molecule has 144 valence electrons. The minimum Gasteiger partial charge on any atom is -0.497 e. The topological polar surface area (TPSA) is 24.9 Å². The minimum atomic E-state index is 0.0695. The third-order valence-corrected chi connectivity index (χ3v) is 6.56. The van der Waals surface area contributed by atoms with Gasteiger partial charge in [0.2, 0.25) is 0 Å². The lowest BCUT2D eigenvalue weighted by Crippen LogP contribution is -2.48. The summed E-state index contributed by atoms with van der Waals surface area (Å²) in [5.74, 6) is 1.73. The first-order chi connectivity index (χ1) is 13.1. The molecule has 0 radical (unpaired) electrons. The lowest BCUT2D eigenvalue weighted by molar-refractivity contribution is 0.0849. The van der Waals surface area contributed by atoms with Crippen molar-refractivity contribution < 1.29 is 9.47 Å². The largest absolute Gasteiger partial charge is 0.497 e. The Morgan fingerprint density at radius 2 is 1.52 bits per heavy atom. The summed E-state index contributed by atoms with van der Waals surface area (Å²) in [6.45, 7) is 6.10. The molecular weight excluding hydrogens is 376 g/mol. The number of ether oxygens (including phenoxy) is 2. The van der Waals surface area contributed by atoms with E-state index in [4.69, 9.17) is 21.7 Å². The zero-order chi connectivity index (χ0) is 19.4. The molecule has 0 spiro atoms. The molecule has 1 aliphatic heterocycles. The molecule has 2 aromatic carbocycles. The predicted octanol–water partition coefficient (Wildman–Crippen LogP) is 5.08. The average Bonchev–Trinajstić information content (AvgIpc) is 2.72. The second kappa shape index (κ2) is 8.95. The zero-order valence-electron chi connectivity index (χ0n) is 16.2. The number of thioether (sulfide) groups is 1. The molecule has 1 heterocycles. The van der Waals surface area contributed by atoms with Gasteiger partial charge in [-0.3, -0.25) is 4.90 Å². The van der Waals surface area contributed by atoms with Crippen molar-refractivity contribution >= 4 is 28.3 Å². The van der Waals surface area contributed by atoms with E-state index in [0.29, 0.717) is 0 Å². The number of hydrogen-bond donors (Lipinski definition) is 0. The highest BCUT2D eigenvalue weighted by atomic mass is 32.2. The van der Waals surface area contributed by atoms with E-state index in [9.17, 15) is 0 Å². The summed E-state index contributed by atoms with van der Waals surface area (Å²) in [7, 11) is 3.40. The molecular formula is C21H26N2O2S2. The fraction of sp³-hybridized carbons (Fsp3) is 0.381. The van der Waals surface area contributed by atoms with Gasteiger partial charge in [0, 0.05) is 6.54 Å². The number of benzene rings is 2. The Balaban J connectivity index is 2.05. The summed E-state index contributed by atoms with van der Waals surface area (Å²) in [6.07, 6.45) is 0.0695. The summed E-state index contributed by atoms with van der Waals surface area (Å²) in [5.41, 5.74) is 2.39. The Morgan fingerprint density at radius 3 is 2.07 bits per heavy atom. The van der Waals surface area contributed by atoms with Gasteiger partial charge in [-0.05, 0) is 48.9 Å². The maximum Gasteiger partial charge on any atom is 0.139 e. The number of rotatable bonds is 6. The molecule has 2 unspecified atom stereocenters. The third kappa shape index (κ3) is 4.08. The van der Waals surface area contributed by atoms with Crippen molar-refractivity contribution in [3.63, 3.8) is 0 Å². The van der Waals surface area contributed by atoms with E-state index in [1.807, 2.05) is 24.3 Å². The molecule has 27 heavy (non-hydrogen) atoms. The molecule has 0 aliphatic carbocycles. The average molecular weight is 403 g/mol. The number of hydrogen-bond acceptors (Lipinski definition) is 5. The number of nitrogens with zero attached hydrogens (tertiary/aromatic N) is 2. The van der Waals surface area contributed by atoms with Crippen LogP contribution in [0.3, 0.4) is 0 Å². The van der Waals surface area contributed by atoms with Crippen LogP contribution in [0.1, 0.15) is 36.5 Å². The van der Waals surface area contributed by atoms with Crippen LogP contribution in [0.15, 0.2) is 48.5 Å². The van der Waals surface area contributed by atoms with Crippen molar-refractivity contribution in [1.82, 2.24) is 9.80 Å². The van der Waals surface area contributed by atoms with E-state index in [-0.39, 0.29) is 11.5 Å². The highest BCUT2D eigenvalue weighted by Gasteiger charge is 2.39. The van der Waals surface area contributed by atoms with Gasteiger partial charge >= 0.3 is 0 Å². The monoisotopic (exact) mass is 402 g/mol. The Labute approximate surface area is 171 Å². The first-order valence-electron chi connectivity index (χ1n) is 9.13. The quantitative estimate of drug-likeness (QED) is 0.625. The van der Waals surface area contributed by atoms with E-state index in [0.717, 1.165) is 28.9 Å². The Kier molecular flexibility index (Phi) is 6.63. The molecule has 2 atom stereocenters. The van der Waals surface area contributed by atoms with Gasteiger partial charge in [-0.25, -0.2) is 0 Å². The molecule has 1 saturated heterocycles. The standard InChI is InChI=1S/C21H26N2O2S2/c1-5-22-19(15-9-7-11-17(13-15)24-3)23(6-2)21(26)27-20(22)16-10-8-12-18(14-16)25-4/h7-14,19-20H,5-6H2,1-4H3. The van der Waals surface area contributed by atoms with Crippen LogP contribution in [-0.4, -0.2) is 41.4 Å². The first-order valence-corrected chi connectivity index (χ1v) is 10.4. The fourth-order valence-electron chi connectivity index (χ4n) is 3.51. The predicted molar refractivity (Wildman–Crippen MR) is 116 cm³/mol. The summed E-state index contributed by atoms with van der Waals surface area (Å²) < 4.78 is 11.8. The van der Waals surface area contributed by atoms with Gasteiger partial charge in [0.15, 0.2) is 0 Å². The van der Waals surface area contributed by atoms with Crippen molar-refractivity contribution in [1.29, 1.82) is 0 Å². The molecule has 4 nitrogen and oxygen atoms in total. The molecule has 3 rings (SSSR count). The first kappa shape index (κ1) is 20.0. The number of thiocarbonyl (C=S) groups is 1. The molecule has 0 aromatic heterocycles. The van der Waals surface area contributed by atoms with Crippen molar-refractivity contribution in [2.24, 2.45) is 0 Å². The van der Waals surface area contributed by atoms with Crippen LogP contribution in [-0.2, 0) is 0 Å². The maximum absolute atomic E-state index is 5.80. The van der Waals surface area contributed by atoms with Gasteiger partial charge in [-0.2, -0.15) is 0 Å². The zero-order valence-corrected chi connectivity index (χ0v) is 17.8. The lowest BCUT2D eigenvalue weighted by Gasteiger charge is -2.48. The molecule has 2 aromatic rings. The molecule has 0 saturated carbocycles. The van der Waals surface area contributed by atoms with Gasteiger partial charge in [-0.15, -0.1) is 0 Å². The maximum atomic E-state index is 5.80. The van der Waals surface area contributed by atoms with Gasteiger partial charge in [0.1, 0.15) is 22.0 Å². The Bertz CT molecular complexity index is 799. The fourth-order valence-corrected chi connectivity index (χ4v) is 5.25. The van der Waals surface area contributed by atoms with Crippen molar-refractivity contribution in [3.8, 4) is 11.5 Å². The second-order valence-corrected chi connectivity index (χ2v) is 7.99. The van der Waals surface area contributed by atoms with Crippen molar-refractivity contribution in [2.45, 2.75) is 25.4 Å². The van der Waals surface area contributed by atoms with Crippen LogP contribution < -0.4 is 9.47 Å². The Hall–Kier alpha value is -1.76. The SMILES string of the molecule is CCN1C(=S)SC(c2cccc(OC)c2)N(CC)C1c1cccc(OC)c1. The van der Waals surface area contributed by atoms with Gasteiger partial charge < -0.3 is 14.4 Å². The van der Waals surface area contributed by atoms with Crippen LogP contribution >= 0.6 is 24.0 Å². The molecule has 0 amide bonds. The highest BCUT2D eigenvalue weighted by molar-refractivity contribution is 8.23. The lowest BCUT2D eigenvalue weighted by atomic mass is 10.1. The summed E-state index contributed by atoms with van der Waals surface area (Å²) in [6, 6.07) is 16.6. The summed E-state index contributed by atoms with van der Waals surface area (Å²) in [5, 5.41) is 0.136. The number of methoxy groups -OCH3 is 2. The Morgan fingerprint density at radius 1 is 0.926 bits per heavy atom. The highest BCUT2D eigenvalue weighted by Crippen LogP contribution is 2.47. The van der Waals surface area contributed by atoms with E-state index in [2.05, 4.69) is 47.9 Å². The molecule has 0 bridgehead atoms. The van der Waals surface area contributed by atoms with Gasteiger partial charge in [-0.1, -0.05) is 55.2 Å². The van der Waals surface area contributed by atoms with Crippen LogP contribution in [0.4, 0.5) is 0 Å². The van der Waals surface area contributed by atoms with Crippen LogP contribution in [0.5, 0.6) is 11.5 Å². The van der Waals surface area contributed by atoms with E-state index in [1.165, 1.54) is 11.1 Å². The minimum absolute atomic E-state index is 0.0695. The molecule has 6 heteroatoms. The van der Waals surface area contributed by atoms with Crippen molar-refractivity contribution in [2.75, 3.05) is 27.3 Å². The molecule has 1 fully saturated rings. The van der Waals surface area contributed by atoms with E-state index < -0.39 is 0 Å². The summed E-state index contributed by atoms with van der Waals surface area (Å²) in [4.78, 5) is 4.77. The van der Waals surface area contributed by atoms with Gasteiger partial charge in [0.05, 0.1) is 19.6 Å². The van der Waals surface area contributed by atoms with E-state index in [1.54, 1.807) is 26.0 Å². The third-order valence-electron chi connectivity index (χ3n) is 4.83. The van der Waals surface area contributed by atoms with Crippen molar-refractivity contribution in [3.05, 3.63) is 59.7 Å².